The maximum absolute atomic E-state index is 12.8. The Bertz CT molecular complexity index is 768. The van der Waals surface area contributed by atoms with Gasteiger partial charge in [0.1, 0.15) is 6.04 Å². The second-order valence-electron chi connectivity index (χ2n) is 5.74. The SMILES string of the molecule is CCn1ncc(Cl)c1CN(C)C(=O)C(C)n1nc(C(F)(F)F)cc1C. The van der Waals surface area contributed by atoms with Crippen LogP contribution in [0.3, 0.4) is 0 Å². The largest absolute Gasteiger partial charge is 0.435 e. The summed E-state index contributed by atoms with van der Waals surface area (Å²) in [4.78, 5) is 14.0. The first kappa shape index (κ1) is 19.3. The zero-order valence-electron chi connectivity index (χ0n) is 14.3. The van der Waals surface area contributed by atoms with Gasteiger partial charge in [-0.05, 0) is 26.8 Å². The lowest BCUT2D eigenvalue weighted by atomic mass is 10.2. The number of rotatable bonds is 5. The lowest BCUT2D eigenvalue weighted by Crippen LogP contribution is -2.34. The van der Waals surface area contributed by atoms with E-state index in [1.54, 1.807) is 11.7 Å². The first-order valence-corrected chi connectivity index (χ1v) is 8.02. The van der Waals surface area contributed by atoms with Gasteiger partial charge in [-0.1, -0.05) is 11.6 Å². The standard InChI is InChI=1S/C15H19ClF3N5O/c1-5-23-12(11(16)7-20-23)8-22(4)14(25)10(3)24-9(2)6-13(21-24)15(17,18)19/h6-7,10H,5,8H2,1-4H3. The van der Waals surface area contributed by atoms with Crippen molar-refractivity contribution in [2.24, 2.45) is 0 Å². The first-order valence-electron chi connectivity index (χ1n) is 7.64. The van der Waals surface area contributed by atoms with Crippen molar-refractivity contribution in [1.82, 2.24) is 24.5 Å². The van der Waals surface area contributed by atoms with Crippen LogP contribution in [0, 0.1) is 6.92 Å². The fraction of sp³-hybridized carbons (Fsp3) is 0.533. The molecule has 25 heavy (non-hydrogen) atoms. The predicted molar refractivity (Wildman–Crippen MR) is 86.1 cm³/mol. The number of carbonyl (C=O) groups excluding carboxylic acids is 1. The van der Waals surface area contributed by atoms with Gasteiger partial charge in [-0.3, -0.25) is 14.2 Å². The Morgan fingerprint density at radius 3 is 2.60 bits per heavy atom. The van der Waals surface area contributed by atoms with E-state index < -0.39 is 17.9 Å². The molecule has 0 fully saturated rings. The summed E-state index contributed by atoms with van der Waals surface area (Å²) in [5.74, 6) is -0.375. The molecule has 2 aromatic heterocycles. The monoisotopic (exact) mass is 377 g/mol. The van der Waals surface area contributed by atoms with E-state index in [1.165, 1.54) is 24.9 Å². The van der Waals surface area contributed by atoms with Crippen molar-refractivity contribution in [3.05, 3.63) is 34.4 Å². The van der Waals surface area contributed by atoms with E-state index in [2.05, 4.69) is 10.2 Å². The van der Waals surface area contributed by atoms with Crippen LogP contribution in [0.15, 0.2) is 12.3 Å². The van der Waals surface area contributed by atoms with Crippen molar-refractivity contribution in [3.63, 3.8) is 0 Å². The number of hydrogen-bond donors (Lipinski definition) is 0. The number of halogens is 4. The molecule has 6 nitrogen and oxygen atoms in total. The molecule has 1 unspecified atom stereocenters. The Balaban J connectivity index is 2.19. The Morgan fingerprint density at radius 2 is 2.08 bits per heavy atom. The fourth-order valence-electron chi connectivity index (χ4n) is 2.56. The van der Waals surface area contributed by atoms with Crippen LogP contribution in [-0.2, 0) is 24.1 Å². The number of carbonyl (C=O) groups is 1. The molecule has 138 valence electrons. The highest BCUT2D eigenvalue weighted by molar-refractivity contribution is 6.31. The maximum atomic E-state index is 12.8. The van der Waals surface area contributed by atoms with Crippen LogP contribution in [0.25, 0.3) is 0 Å². The van der Waals surface area contributed by atoms with Gasteiger partial charge in [-0.25, -0.2) is 0 Å². The quantitative estimate of drug-likeness (QED) is 0.803. The summed E-state index contributed by atoms with van der Waals surface area (Å²) in [6.07, 6.45) is -3.05. The summed E-state index contributed by atoms with van der Waals surface area (Å²) in [6.45, 7) is 5.67. The molecule has 0 aromatic carbocycles. The van der Waals surface area contributed by atoms with E-state index >= 15 is 0 Å². The minimum Gasteiger partial charge on any atom is -0.338 e. The predicted octanol–water partition coefficient (Wildman–Crippen LogP) is 3.30. The number of hydrogen-bond acceptors (Lipinski definition) is 3. The van der Waals surface area contributed by atoms with Gasteiger partial charge in [0.05, 0.1) is 23.5 Å². The molecule has 0 bridgehead atoms. The van der Waals surface area contributed by atoms with Crippen molar-refractivity contribution in [1.29, 1.82) is 0 Å². The second kappa shape index (κ2) is 7.07. The van der Waals surface area contributed by atoms with Gasteiger partial charge in [-0.15, -0.1) is 0 Å². The third kappa shape index (κ3) is 3.97. The third-order valence-electron chi connectivity index (χ3n) is 3.90. The third-order valence-corrected chi connectivity index (χ3v) is 4.21. The molecule has 0 radical (unpaired) electrons. The van der Waals surface area contributed by atoms with E-state index in [9.17, 15) is 18.0 Å². The van der Waals surface area contributed by atoms with E-state index in [-0.39, 0.29) is 18.1 Å². The highest BCUT2D eigenvalue weighted by atomic mass is 35.5. The number of alkyl halides is 3. The van der Waals surface area contributed by atoms with Gasteiger partial charge in [-0.2, -0.15) is 23.4 Å². The van der Waals surface area contributed by atoms with Gasteiger partial charge >= 0.3 is 6.18 Å². The molecule has 0 saturated heterocycles. The van der Waals surface area contributed by atoms with Crippen molar-refractivity contribution >= 4 is 17.5 Å². The van der Waals surface area contributed by atoms with Gasteiger partial charge in [0.15, 0.2) is 5.69 Å². The highest BCUT2D eigenvalue weighted by Gasteiger charge is 2.35. The molecule has 1 amide bonds. The van der Waals surface area contributed by atoms with Crippen LogP contribution in [0.1, 0.15) is 37.0 Å². The Hall–Kier alpha value is -2.03. The molecule has 0 aliphatic carbocycles. The molecule has 2 rings (SSSR count). The summed E-state index contributed by atoms with van der Waals surface area (Å²) in [6, 6.07) is 0.0464. The smallest absolute Gasteiger partial charge is 0.338 e. The molecule has 1 atom stereocenters. The van der Waals surface area contributed by atoms with Crippen LogP contribution in [-0.4, -0.2) is 37.4 Å². The normalized spacial score (nSPS) is 13.1. The molecular weight excluding hydrogens is 359 g/mol. The Labute approximate surface area is 148 Å². The van der Waals surface area contributed by atoms with E-state index in [0.717, 1.165) is 10.7 Å². The van der Waals surface area contributed by atoms with Crippen LogP contribution >= 0.6 is 11.6 Å². The summed E-state index contributed by atoms with van der Waals surface area (Å²) >= 11 is 6.08. The average molecular weight is 378 g/mol. The van der Waals surface area contributed by atoms with Crippen molar-refractivity contribution < 1.29 is 18.0 Å². The lowest BCUT2D eigenvalue weighted by Gasteiger charge is -2.23. The van der Waals surface area contributed by atoms with Crippen molar-refractivity contribution in [2.75, 3.05) is 7.05 Å². The summed E-state index contributed by atoms with van der Waals surface area (Å²) in [7, 11) is 1.56. The minimum atomic E-state index is -4.55. The van der Waals surface area contributed by atoms with E-state index in [1.807, 2.05) is 6.92 Å². The second-order valence-corrected chi connectivity index (χ2v) is 6.15. The lowest BCUT2D eigenvalue weighted by molar-refractivity contribution is -0.142. The molecule has 0 N–H and O–H groups in total. The molecule has 2 heterocycles. The topological polar surface area (TPSA) is 56.0 Å². The number of aryl methyl sites for hydroxylation is 2. The van der Waals surface area contributed by atoms with Crippen LogP contribution < -0.4 is 0 Å². The van der Waals surface area contributed by atoms with Crippen LogP contribution in [0.2, 0.25) is 5.02 Å². The molecular formula is C15H19ClF3N5O. The zero-order chi connectivity index (χ0) is 18.9. The Kier molecular flexibility index (Phi) is 5.46. The number of amides is 1. The molecule has 0 aliphatic rings. The fourth-order valence-corrected chi connectivity index (χ4v) is 2.76. The van der Waals surface area contributed by atoms with E-state index in [4.69, 9.17) is 11.6 Å². The maximum Gasteiger partial charge on any atom is 0.435 e. The van der Waals surface area contributed by atoms with Gasteiger partial charge in [0, 0.05) is 19.3 Å². The van der Waals surface area contributed by atoms with Gasteiger partial charge in [0.25, 0.3) is 0 Å². The summed E-state index contributed by atoms with van der Waals surface area (Å²) < 4.78 is 41.1. The Morgan fingerprint density at radius 1 is 1.44 bits per heavy atom. The molecule has 2 aromatic rings. The average Bonchev–Trinajstić information content (AvgIpc) is 3.09. The molecule has 10 heteroatoms. The summed E-state index contributed by atoms with van der Waals surface area (Å²) in [5.41, 5.74) is -0.0852. The molecule has 0 aliphatic heterocycles. The van der Waals surface area contributed by atoms with Gasteiger partial charge in [0.2, 0.25) is 5.91 Å². The van der Waals surface area contributed by atoms with Crippen molar-refractivity contribution in [3.8, 4) is 0 Å². The van der Waals surface area contributed by atoms with Crippen molar-refractivity contribution in [2.45, 2.75) is 46.1 Å². The number of likely N-dealkylation sites (N-methyl/N-ethyl adjacent to an activating group) is 1. The number of nitrogens with zero attached hydrogens (tertiary/aromatic N) is 5. The van der Waals surface area contributed by atoms with E-state index in [0.29, 0.717) is 17.3 Å². The zero-order valence-corrected chi connectivity index (χ0v) is 15.1. The number of aromatic nitrogens is 4. The van der Waals surface area contributed by atoms with Crippen LogP contribution in [0.4, 0.5) is 13.2 Å². The first-order chi connectivity index (χ1) is 11.6. The summed E-state index contributed by atoms with van der Waals surface area (Å²) in [5, 5.41) is 8.07. The minimum absolute atomic E-state index is 0.197. The molecule has 0 spiro atoms. The highest BCUT2D eigenvalue weighted by Crippen LogP contribution is 2.29. The molecule has 0 saturated carbocycles. The van der Waals surface area contributed by atoms with Crippen LogP contribution in [0.5, 0.6) is 0 Å². The van der Waals surface area contributed by atoms with Gasteiger partial charge < -0.3 is 4.90 Å².